The third-order valence-electron chi connectivity index (χ3n) is 2.38. The number of aliphatic hydroxyl groups is 1. The van der Waals surface area contributed by atoms with Gasteiger partial charge in [0.1, 0.15) is 0 Å². The van der Waals surface area contributed by atoms with E-state index in [4.69, 9.17) is 5.11 Å². The molecule has 0 heterocycles. The molecule has 0 spiro atoms. The Bertz CT molecular complexity index is 265. The van der Waals surface area contributed by atoms with Gasteiger partial charge in [0.15, 0.2) is 0 Å². The third kappa shape index (κ3) is 5.46. The molecule has 1 unspecified atom stereocenters. The molecule has 0 bridgehead atoms. The van der Waals surface area contributed by atoms with Crippen LogP contribution in [0.4, 0.5) is 0 Å². The molecule has 6 heteroatoms. The first-order valence-electron chi connectivity index (χ1n) is 5.15. The van der Waals surface area contributed by atoms with E-state index in [0.29, 0.717) is 13.0 Å². The number of aliphatic hydroxyl groups excluding tert-OH is 1. The van der Waals surface area contributed by atoms with Crippen molar-refractivity contribution in [1.82, 2.24) is 9.03 Å². The molecule has 92 valence electrons. The van der Waals surface area contributed by atoms with E-state index in [-0.39, 0.29) is 18.6 Å². The van der Waals surface area contributed by atoms with E-state index >= 15 is 0 Å². The molecule has 0 aromatic rings. The second kappa shape index (κ2) is 6.42. The quantitative estimate of drug-likeness (QED) is 0.665. The van der Waals surface area contributed by atoms with Gasteiger partial charge in [0.2, 0.25) is 0 Å². The molecule has 0 saturated heterocycles. The van der Waals surface area contributed by atoms with Gasteiger partial charge < -0.3 is 5.11 Å². The number of nitrogens with zero attached hydrogens (tertiary/aromatic N) is 1. The Morgan fingerprint density at radius 1 is 1.33 bits per heavy atom. The number of nitrogens with one attached hydrogen (secondary N) is 1. The van der Waals surface area contributed by atoms with Crippen molar-refractivity contribution in [1.29, 1.82) is 0 Å². The summed E-state index contributed by atoms with van der Waals surface area (Å²) in [6.45, 7) is 6.08. The maximum absolute atomic E-state index is 11.7. The molecule has 2 N–H and O–H groups in total. The number of hydrogen-bond acceptors (Lipinski definition) is 3. The van der Waals surface area contributed by atoms with E-state index < -0.39 is 10.2 Å². The number of hydrogen-bond donors (Lipinski definition) is 2. The van der Waals surface area contributed by atoms with Gasteiger partial charge in [-0.3, -0.25) is 0 Å². The molecule has 0 fully saturated rings. The molecule has 0 aliphatic heterocycles. The zero-order valence-electron chi connectivity index (χ0n) is 9.90. The van der Waals surface area contributed by atoms with Crippen LogP contribution in [0.25, 0.3) is 0 Å². The standard InChI is InChI=1S/C9H22N2O3S/c1-8(2)9(3)10-15(13,14)11(4)6-5-7-12/h8-10,12H,5-7H2,1-4H3. The molecule has 0 saturated carbocycles. The van der Waals surface area contributed by atoms with Crippen LogP contribution < -0.4 is 4.72 Å². The molecule has 15 heavy (non-hydrogen) atoms. The van der Waals surface area contributed by atoms with E-state index in [2.05, 4.69) is 4.72 Å². The molecule has 0 radical (unpaired) electrons. The van der Waals surface area contributed by atoms with E-state index in [9.17, 15) is 8.42 Å². The van der Waals surface area contributed by atoms with Crippen LogP contribution in [0.15, 0.2) is 0 Å². The highest BCUT2D eigenvalue weighted by molar-refractivity contribution is 7.87. The van der Waals surface area contributed by atoms with Gasteiger partial charge in [-0.2, -0.15) is 17.4 Å². The van der Waals surface area contributed by atoms with Gasteiger partial charge in [-0.05, 0) is 19.3 Å². The Morgan fingerprint density at radius 3 is 2.27 bits per heavy atom. The van der Waals surface area contributed by atoms with Gasteiger partial charge in [0, 0.05) is 26.2 Å². The molecule has 1 atom stereocenters. The Morgan fingerprint density at radius 2 is 1.87 bits per heavy atom. The molecule has 0 aromatic carbocycles. The van der Waals surface area contributed by atoms with E-state index in [1.165, 1.54) is 11.4 Å². The van der Waals surface area contributed by atoms with Crippen molar-refractivity contribution in [2.75, 3.05) is 20.2 Å². The van der Waals surface area contributed by atoms with Crippen LogP contribution in [0, 0.1) is 5.92 Å². The maximum atomic E-state index is 11.7. The first-order valence-corrected chi connectivity index (χ1v) is 6.59. The second-order valence-corrected chi connectivity index (χ2v) is 5.86. The van der Waals surface area contributed by atoms with Crippen LogP contribution in [0.2, 0.25) is 0 Å². The SMILES string of the molecule is CC(C)C(C)NS(=O)(=O)N(C)CCCO. The summed E-state index contributed by atoms with van der Waals surface area (Å²) in [5.41, 5.74) is 0. The van der Waals surface area contributed by atoms with E-state index in [0.717, 1.165) is 0 Å². The van der Waals surface area contributed by atoms with Gasteiger partial charge in [-0.15, -0.1) is 0 Å². The molecule has 0 aliphatic carbocycles. The fourth-order valence-electron chi connectivity index (χ4n) is 0.875. The smallest absolute Gasteiger partial charge is 0.279 e. The predicted octanol–water partition coefficient (Wildman–Crippen LogP) is 0.179. The lowest BCUT2D eigenvalue weighted by atomic mass is 10.1. The van der Waals surface area contributed by atoms with E-state index in [1.54, 1.807) is 0 Å². The van der Waals surface area contributed by atoms with Crippen LogP contribution in [0.1, 0.15) is 27.2 Å². The molecule has 0 rings (SSSR count). The van der Waals surface area contributed by atoms with Crippen LogP contribution in [0.3, 0.4) is 0 Å². The van der Waals surface area contributed by atoms with Crippen molar-refractivity contribution < 1.29 is 13.5 Å². The monoisotopic (exact) mass is 238 g/mol. The van der Waals surface area contributed by atoms with Crippen molar-refractivity contribution in [2.45, 2.75) is 33.2 Å². The summed E-state index contributed by atoms with van der Waals surface area (Å²) in [4.78, 5) is 0. The Labute approximate surface area is 92.7 Å². The summed E-state index contributed by atoms with van der Waals surface area (Å²) in [5.74, 6) is 0.256. The fourth-order valence-corrected chi connectivity index (χ4v) is 2.17. The van der Waals surface area contributed by atoms with Gasteiger partial charge in [0.05, 0.1) is 0 Å². The lowest BCUT2D eigenvalue weighted by Gasteiger charge is -2.22. The highest BCUT2D eigenvalue weighted by atomic mass is 32.2. The Hall–Kier alpha value is -0.170. The van der Waals surface area contributed by atoms with Gasteiger partial charge in [0.25, 0.3) is 10.2 Å². The zero-order chi connectivity index (χ0) is 12.1. The van der Waals surface area contributed by atoms with Crippen LogP contribution in [-0.2, 0) is 10.2 Å². The summed E-state index contributed by atoms with van der Waals surface area (Å²) in [6, 6.07) is -0.0911. The molecular weight excluding hydrogens is 216 g/mol. The number of rotatable bonds is 7. The largest absolute Gasteiger partial charge is 0.396 e. The molecule has 0 amide bonds. The minimum Gasteiger partial charge on any atom is -0.396 e. The van der Waals surface area contributed by atoms with Gasteiger partial charge in [-0.25, -0.2) is 0 Å². The molecule has 0 aromatic heterocycles. The summed E-state index contributed by atoms with van der Waals surface area (Å²) < 4.78 is 27.2. The van der Waals surface area contributed by atoms with Crippen molar-refractivity contribution in [3.05, 3.63) is 0 Å². The highest BCUT2D eigenvalue weighted by Crippen LogP contribution is 2.04. The molecule has 0 aliphatic rings. The van der Waals surface area contributed by atoms with Crippen molar-refractivity contribution in [3.63, 3.8) is 0 Å². The lowest BCUT2D eigenvalue weighted by Crippen LogP contribution is -2.44. The van der Waals surface area contributed by atoms with Crippen molar-refractivity contribution in [2.24, 2.45) is 5.92 Å². The first-order chi connectivity index (χ1) is 6.81. The van der Waals surface area contributed by atoms with Crippen molar-refractivity contribution in [3.8, 4) is 0 Å². The third-order valence-corrected chi connectivity index (χ3v) is 4.05. The van der Waals surface area contributed by atoms with Gasteiger partial charge >= 0.3 is 0 Å². The minimum absolute atomic E-state index is 0.000403. The van der Waals surface area contributed by atoms with Crippen molar-refractivity contribution >= 4 is 10.2 Å². The van der Waals surface area contributed by atoms with Crippen LogP contribution >= 0.6 is 0 Å². The van der Waals surface area contributed by atoms with Crippen LogP contribution in [-0.4, -0.2) is 44.1 Å². The average Bonchev–Trinajstić information content (AvgIpc) is 2.13. The minimum atomic E-state index is -3.40. The maximum Gasteiger partial charge on any atom is 0.279 e. The predicted molar refractivity (Wildman–Crippen MR) is 60.7 cm³/mol. The summed E-state index contributed by atoms with van der Waals surface area (Å²) in [6.07, 6.45) is 0.452. The molecule has 5 nitrogen and oxygen atoms in total. The normalized spacial score (nSPS) is 14.9. The van der Waals surface area contributed by atoms with Crippen LogP contribution in [0.5, 0.6) is 0 Å². The Balaban J connectivity index is 4.29. The fraction of sp³-hybridized carbons (Fsp3) is 1.00. The summed E-state index contributed by atoms with van der Waals surface area (Å²) >= 11 is 0. The second-order valence-electron chi connectivity index (χ2n) is 4.05. The lowest BCUT2D eigenvalue weighted by molar-refractivity contribution is 0.274. The zero-order valence-corrected chi connectivity index (χ0v) is 10.7. The highest BCUT2D eigenvalue weighted by Gasteiger charge is 2.20. The Kier molecular flexibility index (Phi) is 6.35. The summed E-state index contributed by atoms with van der Waals surface area (Å²) in [5, 5.41) is 8.61. The topological polar surface area (TPSA) is 69.6 Å². The summed E-state index contributed by atoms with van der Waals surface area (Å²) in [7, 11) is -1.90. The van der Waals surface area contributed by atoms with Gasteiger partial charge in [-0.1, -0.05) is 13.8 Å². The average molecular weight is 238 g/mol. The van der Waals surface area contributed by atoms with E-state index in [1.807, 2.05) is 20.8 Å². The first kappa shape index (κ1) is 14.8. The molecular formula is C9H22N2O3S.